The molecule has 31 heavy (non-hydrogen) atoms. The Bertz CT molecular complexity index is 1220. The quantitative estimate of drug-likeness (QED) is 0.601. The van der Waals surface area contributed by atoms with Crippen LogP contribution in [0.15, 0.2) is 47.4 Å². The highest BCUT2D eigenvalue weighted by molar-refractivity contribution is 7.92. The van der Waals surface area contributed by atoms with E-state index in [0.29, 0.717) is 5.02 Å². The molecule has 10 heteroatoms. The fourth-order valence-corrected chi connectivity index (χ4v) is 7.85. The van der Waals surface area contributed by atoms with Gasteiger partial charge in [0, 0.05) is 10.6 Å². The molecule has 1 saturated carbocycles. The van der Waals surface area contributed by atoms with Crippen LogP contribution in [0.4, 0.5) is 8.78 Å². The van der Waals surface area contributed by atoms with Gasteiger partial charge in [0.25, 0.3) is 0 Å². The van der Waals surface area contributed by atoms with Crippen LogP contribution in [0.2, 0.25) is 5.02 Å². The number of benzene rings is 2. The molecule has 0 saturated heterocycles. The van der Waals surface area contributed by atoms with Crippen LogP contribution >= 0.6 is 11.6 Å². The summed E-state index contributed by atoms with van der Waals surface area (Å²) in [5.74, 6) is -2.83. The first-order valence-corrected chi connectivity index (χ1v) is 13.2. The van der Waals surface area contributed by atoms with E-state index in [1.807, 2.05) is 0 Å². The van der Waals surface area contributed by atoms with Gasteiger partial charge in [-0.2, -0.15) is 5.26 Å². The average molecular weight is 488 g/mol. The Hall–Kier alpha value is -2.02. The van der Waals surface area contributed by atoms with Crippen LogP contribution in [0.1, 0.15) is 31.2 Å². The second kappa shape index (κ2) is 8.85. The van der Waals surface area contributed by atoms with Crippen LogP contribution in [0.3, 0.4) is 0 Å². The number of hydrogen-bond acceptors (Lipinski definition) is 5. The zero-order chi connectivity index (χ0) is 22.9. The highest BCUT2D eigenvalue weighted by Gasteiger charge is 2.50. The molecule has 3 rings (SSSR count). The number of rotatable bonds is 6. The van der Waals surface area contributed by atoms with E-state index in [0.717, 1.165) is 18.2 Å². The molecule has 2 aromatic carbocycles. The maximum atomic E-state index is 14.8. The summed E-state index contributed by atoms with van der Waals surface area (Å²) < 4.78 is 78.5. The van der Waals surface area contributed by atoms with Crippen LogP contribution in [0, 0.1) is 28.9 Å². The summed E-state index contributed by atoms with van der Waals surface area (Å²) in [6.45, 7) is 0. The molecule has 0 amide bonds. The molecule has 0 aromatic heterocycles. The number of nitriles is 1. The first-order valence-electron chi connectivity index (χ1n) is 9.54. The molecule has 2 aromatic rings. The summed E-state index contributed by atoms with van der Waals surface area (Å²) in [6.07, 6.45) is 0.191. The topological polar surface area (TPSA) is 92.1 Å². The molecule has 5 nitrogen and oxygen atoms in total. The normalized spacial score (nSPS) is 22.1. The Morgan fingerprint density at radius 3 is 2.23 bits per heavy atom. The Balaban J connectivity index is 2.05. The minimum absolute atomic E-state index is 0.0730. The van der Waals surface area contributed by atoms with Gasteiger partial charge in [0.05, 0.1) is 16.7 Å². The minimum Gasteiger partial charge on any atom is -0.228 e. The van der Waals surface area contributed by atoms with Gasteiger partial charge in [0.2, 0.25) is 0 Å². The highest BCUT2D eigenvalue weighted by Crippen LogP contribution is 2.49. The van der Waals surface area contributed by atoms with Gasteiger partial charge in [-0.1, -0.05) is 11.6 Å². The number of sulfone groups is 2. The van der Waals surface area contributed by atoms with E-state index in [2.05, 4.69) is 0 Å². The van der Waals surface area contributed by atoms with Gasteiger partial charge in [-0.25, -0.2) is 25.6 Å². The van der Waals surface area contributed by atoms with Crippen LogP contribution in [-0.4, -0.2) is 28.3 Å². The third-order valence-electron chi connectivity index (χ3n) is 5.74. The van der Waals surface area contributed by atoms with Crippen LogP contribution < -0.4 is 0 Å². The van der Waals surface area contributed by atoms with Crippen molar-refractivity contribution in [2.24, 2.45) is 5.92 Å². The Labute approximate surface area is 185 Å². The van der Waals surface area contributed by atoms with Gasteiger partial charge >= 0.3 is 0 Å². The van der Waals surface area contributed by atoms with E-state index in [1.54, 1.807) is 6.07 Å². The fraction of sp³-hybridized carbons (Fsp3) is 0.381. The Morgan fingerprint density at radius 1 is 1.03 bits per heavy atom. The van der Waals surface area contributed by atoms with Crippen molar-refractivity contribution in [2.45, 2.75) is 35.3 Å². The maximum absolute atomic E-state index is 14.8. The SMILES string of the molecule is N#CCS(=O)(=O)CC1CCC(c2cc(F)ccc2F)(S(=O)(=O)c2ccc(Cl)cc2)CC1. The van der Waals surface area contributed by atoms with E-state index in [1.165, 1.54) is 24.3 Å². The second-order valence-electron chi connectivity index (χ2n) is 7.73. The van der Waals surface area contributed by atoms with Gasteiger partial charge in [0.1, 0.15) is 22.1 Å². The summed E-state index contributed by atoms with van der Waals surface area (Å²) in [5, 5.41) is 9.01. The lowest BCUT2D eigenvalue weighted by molar-refractivity contribution is 0.303. The van der Waals surface area contributed by atoms with E-state index < -0.39 is 41.8 Å². The molecule has 0 spiro atoms. The third kappa shape index (κ3) is 4.76. The van der Waals surface area contributed by atoms with Gasteiger partial charge in [-0.3, -0.25) is 0 Å². The summed E-state index contributed by atoms with van der Waals surface area (Å²) in [5.41, 5.74) is -0.263. The smallest absolute Gasteiger partial charge is 0.188 e. The van der Waals surface area contributed by atoms with E-state index in [9.17, 15) is 25.6 Å². The fourth-order valence-electron chi connectivity index (χ4n) is 4.20. The molecule has 0 radical (unpaired) electrons. The lowest BCUT2D eigenvalue weighted by atomic mass is 9.78. The molecule has 1 aliphatic carbocycles. The van der Waals surface area contributed by atoms with Crippen LogP contribution in [0.25, 0.3) is 0 Å². The lowest BCUT2D eigenvalue weighted by Gasteiger charge is -2.40. The minimum atomic E-state index is -4.18. The monoisotopic (exact) mass is 487 g/mol. The standard InChI is InChI=1S/C21H20ClF2NO4S2/c22-16-1-4-18(5-2-16)31(28,29)21(19-13-17(23)3-6-20(19)24)9-7-15(8-10-21)14-30(26,27)12-11-25/h1-6,13,15H,7-10,12,14H2. The van der Waals surface area contributed by atoms with Crippen LogP contribution in [-0.2, 0) is 24.4 Å². The predicted molar refractivity (Wildman–Crippen MR) is 113 cm³/mol. The third-order valence-corrected chi connectivity index (χ3v) is 10.1. The second-order valence-corrected chi connectivity index (χ2v) is 12.5. The largest absolute Gasteiger partial charge is 0.228 e. The van der Waals surface area contributed by atoms with Crippen molar-refractivity contribution >= 4 is 31.3 Å². The van der Waals surface area contributed by atoms with Crippen molar-refractivity contribution in [3.63, 3.8) is 0 Å². The van der Waals surface area contributed by atoms with Gasteiger partial charge in [-0.05, 0) is 74.1 Å². The molecular weight excluding hydrogens is 468 g/mol. The summed E-state index contributed by atoms with van der Waals surface area (Å²) in [4.78, 5) is -0.0730. The molecule has 0 unspecified atom stereocenters. The molecule has 0 heterocycles. The van der Waals surface area contributed by atoms with Crippen molar-refractivity contribution in [3.8, 4) is 6.07 Å². The molecule has 0 N–H and O–H groups in total. The number of halogens is 3. The molecular formula is C21H20ClF2NO4S2. The van der Waals surface area contributed by atoms with Crippen molar-refractivity contribution in [1.82, 2.24) is 0 Å². The zero-order valence-electron chi connectivity index (χ0n) is 16.4. The van der Waals surface area contributed by atoms with Gasteiger partial charge in [0.15, 0.2) is 19.7 Å². The predicted octanol–water partition coefficient (Wildman–Crippen LogP) is 4.42. The van der Waals surface area contributed by atoms with Crippen molar-refractivity contribution in [2.75, 3.05) is 11.5 Å². The first-order chi connectivity index (χ1) is 14.5. The van der Waals surface area contributed by atoms with Gasteiger partial charge in [-0.15, -0.1) is 0 Å². The van der Waals surface area contributed by atoms with E-state index in [-0.39, 0.29) is 47.8 Å². The molecule has 1 fully saturated rings. The van der Waals surface area contributed by atoms with Crippen molar-refractivity contribution in [3.05, 3.63) is 64.7 Å². The molecule has 0 bridgehead atoms. The molecule has 166 valence electrons. The maximum Gasteiger partial charge on any atom is 0.188 e. The molecule has 0 aliphatic heterocycles. The van der Waals surface area contributed by atoms with Gasteiger partial charge < -0.3 is 0 Å². The van der Waals surface area contributed by atoms with Crippen molar-refractivity contribution in [1.29, 1.82) is 5.26 Å². The highest BCUT2D eigenvalue weighted by atomic mass is 35.5. The Kier molecular flexibility index (Phi) is 6.75. The zero-order valence-corrected chi connectivity index (χ0v) is 18.8. The summed E-state index contributed by atoms with van der Waals surface area (Å²) in [6, 6.07) is 9.78. The van der Waals surface area contributed by atoms with E-state index in [4.69, 9.17) is 16.9 Å². The average Bonchev–Trinajstić information content (AvgIpc) is 2.70. The number of nitrogens with zero attached hydrogens (tertiary/aromatic N) is 1. The van der Waals surface area contributed by atoms with Crippen molar-refractivity contribution < 1.29 is 25.6 Å². The lowest BCUT2D eigenvalue weighted by Crippen LogP contribution is -2.41. The molecule has 0 atom stereocenters. The summed E-state index contributed by atoms with van der Waals surface area (Å²) >= 11 is 5.87. The van der Waals surface area contributed by atoms with Crippen LogP contribution in [0.5, 0.6) is 0 Å². The molecule has 1 aliphatic rings. The first kappa shape index (κ1) is 23.6. The Morgan fingerprint density at radius 2 is 1.65 bits per heavy atom. The van der Waals surface area contributed by atoms with E-state index >= 15 is 0 Å². The summed E-state index contributed by atoms with van der Waals surface area (Å²) in [7, 11) is -7.78. The number of hydrogen-bond donors (Lipinski definition) is 0.